The van der Waals surface area contributed by atoms with Crippen molar-refractivity contribution < 1.29 is 14.6 Å². The predicted molar refractivity (Wildman–Crippen MR) is 45.5 cm³/mol. The van der Waals surface area contributed by atoms with Crippen LogP contribution in [0.4, 0.5) is 0 Å². The molecule has 0 aromatic carbocycles. The molecule has 1 aromatic rings. The lowest BCUT2D eigenvalue weighted by Crippen LogP contribution is -2.19. The van der Waals surface area contributed by atoms with Gasteiger partial charge in [0, 0.05) is 6.61 Å². The lowest BCUT2D eigenvalue weighted by Gasteiger charge is -2.07. The first-order chi connectivity index (χ1) is 6.66. The fourth-order valence-corrected chi connectivity index (χ4v) is 0.906. The van der Waals surface area contributed by atoms with E-state index in [1.807, 2.05) is 6.92 Å². The van der Waals surface area contributed by atoms with Crippen LogP contribution < -0.4 is 0 Å². The molecule has 0 saturated carbocycles. The van der Waals surface area contributed by atoms with Crippen LogP contribution in [0.2, 0.25) is 0 Å². The fourth-order valence-electron chi connectivity index (χ4n) is 0.906. The molecular weight excluding hydrogens is 188 g/mol. The molecule has 0 aliphatic rings. The van der Waals surface area contributed by atoms with Gasteiger partial charge in [0.2, 0.25) is 0 Å². The maximum absolute atomic E-state index is 10.7. The number of nitrogens with zero attached hydrogens (tertiary/aromatic N) is 4. The molecule has 0 spiro atoms. The Kier molecular flexibility index (Phi) is 3.52. The SMILES string of the molecule is CCOCc1nnnn1C(C)C(=O)O. The normalized spacial score (nSPS) is 12.7. The van der Waals surface area contributed by atoms with Gasteiger partial charge in [0.1, 0.15) is 6.61 Å². The molecule has 1 atom stereocenters. The molecule has 1 N–H and O–H groups in total. The van der Waals surface area contributed by atoms with Crippen molar-refractivity contribution in [1.82, 2.24) is 20.2 Å². The van der Waals surface area contributed by atoms with E-state index in [0.29, 0.717) is 12.4 Å². The predicted octanol–water partition coefficient (Wildman–Crippen LogP) is -0.145. The number of hydrogen-bond donors (Lipinski definition) is 1. The van der Waals surface area contributed by atoms with Crippen LogP contribution in [0.5, 0.6) is 0 Å². The summed E-state index contributed by atoms with van der Waals surface area (Å²) in [5, 5.41) is 19.4. The van der Waals surface area contributed by atoms with Crippen molar-refractivity contribution in [3.8, 4) is 0 Å². The van der Waals surface area contributed by atoms with Gasteiger partial charge in [-0.2, -0.15) is 0 Å². The van der Waals surface area contributed by atoms with E-state index in [4.69, 9.17) is 9.84 Å². The van der Waals surface area contributed by atoms with E-state index in [1.165, 1.54) is 11.6 Å². The minimum absolute atomic E-state index is 0.223. The molecule has 1 rings (SSSR count). The zero-order chi connectivity index (χ0) is 10.6. The first-order valence-corrected chi connectivity index (χ1v) is 4.24. The van der Waals surface area contributed by atoms with Crippen molar-refractivity contribution in [2.45, 2.75) is 26.5 Å². The number of rotatable bonds is 5. The number of aliphatic carboxylic acids is 1. The van der Waals surface area contributed by atoms with Crippen LogP contribution in [-0.2, 0) is 16.1 Å². The lowest BCUT2D eigenvalue weighted by atomic mass is 10.3. The number of ether oxygens (including phenoxy) is 1. The third-order valence-electron chi connectivity index (χ3n) is 1.72. The number of carboxylic acid groups (broad SMARTS) is 1. The fraction of sp³-hybridized carbons (Fsp3) is 0.714. The van der Waals surface area contributed by atoms with Gasteiger partial charge < -0.3 is 9.84 Å². The summed E-state index contributed by atoms with van der Waals surface area (Å²) in [6.45, 7) is 4.11. The molecule has 0 amide bonds. The second kappa shape index (κ2) is 4.66. The maximum atomic E-state index is 10.7. The van der Waals surface area contributed by atoms with E-state index in [2.05, 4.69) is 15.5 Å². The van der Waals surface area contributed by atoms with Crippen LogP contribution in [0.3, 0.4) is 0 Å². The highest BCUT2D eigenvalue weighted by atomic mass is 16.5. The standard InChI is InChI=1S/C7H12N4O3/c1-3-14-4-6-8-9-10-11(6)5(2)7(12)13/h5H,3-4H2,1-2H3,(H,12,13). The summed E-state index contributed by atoms with van der Waals surface area (Å²) in [5.41, 5.74) is 0. The molecule has 7 heteroatoms. The number of hydrogen-bond acceptors (Lipinski definition) is 5. The van der Waals surface area contributed by atoms with Crippen LogP contribution >= 0.6 is 0 Å². The molecule has 0 bridgehead atoms. The van der Waals surface area contributed by atoms with Gasteiger partial charge in [-0.05, 0) is 24.3 Å². The highest BCUT2D eigenvalue weighted by Crippen LogP contribution is 2.06. The third kappa shape index (κ3) is 2.25. The summed E-state index contributed by atoms with van der Waals surface area (Å²) in [7, 11) is 0. The second-order valence-corrected chi connectivity index (χ2v) is 2.69. The Bertz CT molecular complexity index is 312. The smallest absolute Gasteiger partial charge is 0.328 e. The zero-order valence-corrected chi connectivity index (χ0v) is 8.04. The number of tetrazole rings is 1. The highest BCUT2D eigenvalue weighted by Gasteiger charge is 2.18. The Morgan fingerprint density at radius 2 is 2.43 bits per heavy atom. The summed E-state index contributed by atoms with van der Waals surface area (Å²) in [6.07, 6.45) is 0. The number of carboxylic acids is 1. The van der Waals surface area contributed by atoms with Crippen LogP contribution in [0.15, 0.2) is 0 Å². The molecule has 1 heterocycles. The van der Waals surface area contributed by atoms with Gasteiger partial charge in [-0.15, -0.1) is 5.10 Å². The monoisotopic (exact) mass is 200 g/mol. The van der Waals surface area contributed by atoms with Crippen molar-refractivity contribution in [2.75, 3.05) is 6.61 Å². The maximum Gasteiger partial charge on any atom is 0.328 e. The van der Waals surface area contributed by atoms with Crippen molar-refractivity contribution in [3.05, 3.63) is 5.82 Å². The average molecular weight is 200 g/mol. The van der Waals surface area contributed by atoms with Crippen LogP contribution in [0, 0.1) is 0 Å². The number of carbonyl (C=O) groups is 1. The Hall–Kier alpha value is -1.50. The molecule has 78 valence electrons. The van der Waals surface area contributed by atoms with E-state index in [-0.39, 0.29) is 6.61 Å². The van der Waals surface area contributed by atoms with Gasteiger partial charge in [0.15, 0.2) is 11.9 Å². The summed E-state index contributed by atoms with van der Waals surface area (Å²) in [6, 6.07) is -0.777. The van der Waals surface area contributed by atoms with E-state index in [1.54, 1.807) is 0 Å². The molecule has 1 aromatic heterocycles. The van der Waals surface area contributed by atoms with Gasteiger partial charge in [0.25, 0.3) is 0 Å². The highest BCUT2D eigenvalue weighted by molar-refractivity contribution is 5.71. The lowest BCUT2D eigenvalue weighted by molar-refractivity contribution is -0.140. The van der Waals surface area contributed by atoms with Gasteiger partial charge in [-0.1, -0.05) is 0 Å². The molecule has 7 nitrogen and oxygen atoms in total. The summed E-state index contributed by atoms with van der Waals surface area (Å²) in [5.74, 6) is -0.559. The first-order valence-electron chi connectivity index (χ1n) is 4.24. The topological polar surface area (TPSA) is 90.1 Å². The molecule has 0 radical (unpaired) electrons. The van der Waals surface area contributed by atoms with Gasteiger partial charge in [-0.3, -0.25) is 0 Å². The minimum atomic E-state index is -0.977. The summed E-state index contributed by atoms with van der Waals surface area (Å²) < 4.78 is 6.33. The van der Waals surface area contributed by atoms with Crippen molar-refractivity contribution in [1.29, 1.82) is 0 Å². The average Bonchev–Trinajstić information content (AvgIpc) is 2.61. The summed E-state index contributed by atoms with van der Waals surface area (Å²) in [4.78, 5) is 10.7. The largest absolute Gasteiger partial charge is 0.480 e. The van der Waals surface area contributed by atoms with Crippen LogP contribution in [0.25, 0.3) is 0 Å². The van der Waals surface area contributed by atoms with Crippen LogP contribution in [-0.4, -0.2) is 37.9 Å². The molecule has 0 fully saturated rings. The van der Waals surface area contributed by atoms with Crippen molar-refractivity contribution >= 4 is 5.97 Å². The summed E-state index contributed by atoms with van der Waals surface area (Å²) >= 11 is 0. The molecular formula is C7H12N4O3. The quantitative estimate of drug-likeness (QED) is 0.711. The van der Waals surface area contributed by atoms with Crippen molar-refractivity contribution in [3.63, 3.8) is 0 Å². The molecule has 14 heavy (non-hydrogen) atoms. The third-order valence-corrected chi connectivity index (χ3v) is 1.72. The first kappa shape index (κ1) is 10.6. The Morgan fingerprint density at radius 1 is 1.71 bits per heavy atom. The van der Waals surface area contributed by atoms with Crippen LogP contribution in [0.1, 0.15) is 25.7 Å². The second-order valence-electron chi connectivity index (χ2n) is 2.69. The zero-order valence-electron chi connectivity index (χ0n) is 8.04. The molecule has 0 saturated heterocycles. The molecule has 1 unspecified atom stereocenters. The van der Waals surface area contributed by atoms with Gasteiger partial charge in [0.05, 0.1) is 0 Å². The van der Waals surface area contributed by atoms with Crippen molar-refractivity contribution in [2.24, 2.45) is 0 Å². The van der Waals surface area contributed by atoms with Gasteiger partial charge in [-0.25, -0.2) is 9.48 Å². The molecule has 0 aliphatic carbocycles. The Morgan fingerprint density at radius 3 is 3.00 bits per heavy atom. The molecule has 0 aliphatic heterocycles. The number of aromatic nitrogens is 4. The van der Waals surface area contributed by atoms with Gasteiger partial charge >= 0.3 is 5.97 Å². The minimum Gasteiger partial charge on any atom is -0.480 e. The van der Waals surface area contributed by atoms with E-state index < -0.39 is 12.0 Å². The Labute approximate surface area is 80.7 Å². The Balaban J connectivity index is 2.76. The van der Waals surface area contributed by atoms with E-state index >= 15 is 0 Å². The van der Waals surface area contributed by atoms with E-state index in [0.717, 1.165) is 0 Å². The van der Waals surface area contributed by atoms with E-state index in [9.17, 15) is 4.79 Å².